The largest absolute Gasteiger partial charge is 0.379 e. The molecule has 2 aliphatic carbocycles. The van der Waals surface area contributed by atoms with Crippen molar-refractivity contribution in [3.8, 4) is 6.07 Å². The third-order valence-corrected chi connectivity index (χ3v) is 9.61. The molecular weight excluding hydrogens is 559 g/mol. The number of rotatable bonds is 8. The smallest absolute Gasteiger partial charge is 0.248 e. The number of aromatic nitrogens is 1. The minimum absolute atomic E-state index is 0.0727. The zero-order valence-electron chi connectivity index (χ0n) is 24.1. The standard InChI is InChI=1S/C29H35B2ClF2N6O2/c30-29(31,22-13-20(32)2-4-24(22)37-17-21-3-1-19(15-35)16-36-21)40-11-9-39(10-12-40)25(41)18-38-26(42)23-14-27(23)5-7-28(33,34)8-6-27/h1-4,13,16,23,37H,5-12,14,17-18,30-31H2,(H,38,42)/t23-/m0/s1. The minimum Gasteiger partial charge on any atom is -0.379 e. The first kappa shape index (κ1) is 30.3. The molecule has 1 aromatic heterocycles. The number of halogens is 3. The number of carbonyl (C=O) groups excluding carboxylic acids is 2. The number of hydrogen-bond donors (Lipinski definition) is 2. The number of alkyl halides is 2. The number of anilines is 1. The first-order chi connectivity index (χ1) is 19.9. The van der Waals surface area contributed by atoms with Gasteiger partial charge in [-0.05, 0) is 65.9 Å². The highest BCUT2D eigenvalue weighted by Crippen LogP contribution is 2.63. The van der Waals surface area contributed by atoms with Gasteiger partial charge < -0.3 is 20.4 Å². The molecule has 0 radical (unpaired) electrons. The van der Waals surface area contributed by atoms with E-state index in [1.165, 1.54) is 0 Å². The van der Waals surface area contributed by atoms with Gasteiger partial charge in [0.1, 0.15) is 21.8 Å². The lowest BCUT2D eigenvalue weighted by Crippen LogP contribution is -2.58. The zero-order chi connectivity index (χ0) is 30.1. The second-order valence-corrected chi connectivity index (χ2v) is 12.7. The van der Waals surface area contributed by atoms with Crippen LogP contribution in [0.2, 0.25) is 5.02 Å². The van der Waals surface area contributed by atoms with Crippen molar-refractivity contribution in [2.45, 2.75) is 49.9 Å². The Hall–Kier alpha value is -3.16. The van der Waals surface area contributed by atoms with Crippen LogP contribution in [-0.2, 0) is 21.5 Å². The van der Waals surface area contributed by atoms with Gasteiger partial charge in [0.2, 0.25) is 17.7 Å². The number of benzene rings is 1. The Morgan fingerprint density at radius 1 is 1.12 bits per heavy atom. The number of pyridine rings is 1. The number of carbonyl (C=O) groups is 2. The van der Waals surface area contributed by atoms with E-state index in [9.17, 15) is 18.4 Å². The molecule has 0 unspecified atom stereocenters. The molecule has 13 heteroatoms. The molecule has 8 nitrogen and oxygen atoms in total. The fourth-order valence-electron chi connectivity index (χ4n) is 6.43. The molecule has 2 heterocycles. The van der Waals surface area contributed by atoms with Crippen molar-refractivity contribution in [2.75, 3.05) is 38.0 Å². The van der Waals surface area contributed by atoms with Crippen LogP contribution in [0, 0.1) is 22.7 Å². The van der Waals surface area contributed by atoms with Crippen LogP contribution in [0.4, 0.5) is 14.5 Å². The molecule has 1 atom stereocenters. The molecule has 42 heavy (non-hydrogen) atoms. The van der Waals surface area contributed by atoms with Crippen molar-refractivity contribution in [3.63, 3.8) is 0 Å². The second kappa shape index (κ2) is 11.8. The molecule has 1 saturated heterocycles. The Balaban J connectivity index is 1.13. The summed E-state index contributed by atoms with van der Waals surface area (Å²) in [6, 6.07) is 11.4. The van der Waals surface area contributed by atoms with Gasteiger partial charge in [-0.3, -0.25) is 14.6 Å². The molecule has 220 valence electrons. The first-order valence-electron chi connectivity index (χ1n) is 14.5. The molecule has 1 aromatic carbocycles. The number of nitrogens with one attached hydrogen (secondary N) is 2. The van der Waals surface area contributed by atoms with Crippen LogP contribution in [0.3, 0.4) is 0 Å². The number of nitriles is 1. The van der Waals surface area contributed by atoms with Crippen LogP contribution in [0.1, 0.15) is 48.9 Å². The van der Waals surface area contributed by atoms with E-state index in [2.05, 4.69) is 42.3 Å². The summed E-state index contributed by atoms with van der Waals surface area (Å²) >= 11 is 6.41. The van der Waals surface area contributed by atoms with Gasteiger partial charge in [-0.15, -0.1) is 0 Å². The molecule has 3 fully saturated rings. The zero-order valence-corrected chi connectivity index (χ0v) is 24.8. The Labute approximate surface area is 252 Å². The Bertz CT molecular complexity index is 1370. The van der Waals surface area contributed by atoms with Crippen molar-refractivity contribution < 1.29 is 18.4 Å². The average molecular weight is 595 g/mol. The van der Waals surface area contributed by atoms with Gasteiger partial charge in [0.05, 0.1) is 24.3 Å². The third kappa shape index (κ3) is 6.57. The van der Waals surface area contributed by atoms with E-state index in [0.717, 1.165) is 16.9 Å². The lowest BCUT2D eigenvalue weighted by atomic mass is 9.56. The number of amides is 2. The van der Waals surface area contributed by atoms with Gasteiger partial charge in [-0.2, -0.15) is 5.26 Å². The van der Waals surface area contributed by atoms with Gasteiger partial charge in [0.15, 0.2) is 0 Å². The summed E-state index contributed by atoms with van der Waals surface area (Å²) in [5.41, 5.74) is 2.98. The van der Waals surface area contributed by atoms with Crippen LogP contribution in [0.25, 0.3) is 0 Å². The number of hydrogen-bond acceptors (Lipinski definition) is 6. The predicted molar refractivity (Wildman–Crippen MR) is 162 cm³/mol. The quantitative estimate of drug-likeness (QED) is 0.454. The van der Waals surface area contributed by atoms with Gasteiger partial charge in [0, 0.05) is 61.8 Å². The molecular formula is C29H35B2ClF2N6O2. The monoisotopic (exact) mass is 594 g/mol. The maximum atomic E-state index is 13.5. The van der Waals surface area contributed by atoms with E-state index < -0.39 is 11.3 Å². The highest BCUT2D eigenvalue weighted by molar-refractivity contribution is 6.40. The van der Waals surface area contributed by atoms with Crippen LogP contribution < -0.4 is 10.6 Å². The lowest BCUT2D eigenvalue weighted by molar-refractivity contribution is -0.135. The normalized spacial score (nSPS) is 21.4. The summed E-state index contributed by atoms with van der Waals surface area (Å²) in [6.45, 7) is 2.76. The molecule has 5 rings (SSSR count). The minimum atomic E-state index is -2.62. The first-order valence-corrected chi connectivity index (χ1v) is 14.9. The predicted octanol–water partition coefficient (Wildman–Crippen LogP) is 2.07. The fraction of sp³-hybridized carbons (Fsp3) is 0.517. The van der Waals surface area contributed by atoms with E-state index >= 15 is 0 Å². The lowest BCUT2D eigenvalue weighted by Gasteiger charge is -2.45. The maximum Gasteiger partial charge on any atom is 0.248 e. The van der Waals surface area contributed by atoms with Gasteiger partial charge in [-0.1, -0.05) is 11.6 Å². The van der Waals surface area contributed by atoms with Crippen molar-refractivity contribution in [1.82, 2.24) is 20.1 Å². The van der Waals surface area contributed by atoms with Crippen LogP contribution in [0.5, 0.6) is 0 Å². The summed E-state index contributed by atoms with van der Waals surface area (Å²) in [5, 5.41) is 15.5. The van der Waals surface area contributed by atoms with E-state index in [0.29, 0.717) is 62.6 Å². The van der Waals surface area contributed by atoms with Crippen LogP contribution >= 0.6 is 11.6 Å². The Morgan fingerprint density at radius 3 is 2.48 bits per heavy atom. The second-order valence-electron chi connectivity index (χ2n) is 12.3. The Kier molecular flexibility index (Phi) is 8.55. The van der Waals surface area contributed by atoms with Crippen LogP contribution in [-0.4, -0.2) is 80.9 Å². The molecule has 1 aliphatic heterocycles. The van der Waals surface area contributed by atoms with Crippen molar-refractivity contribution in [1.29, 1.82) is 5.26 Å². The molecule has 2 saturated carbocycles. The number of piperazine rings is 1. The SMILES string of the molecule is BC(B)(c1cc(Cl)ccc1NCc1ccc(C#N)cn1)N1CCN(C(=O)CNC(=O)[C@@H]2CC23CCC(F)(F)CC3)CC1. The Morgan fingerprint density at radius 2 is 1.83 bits per heavy atom. The summed E-state index contributed by atoms with van der Waals surface area (Å²) in [5.74, 6) is -3.20. The highest BCUT2D eigenvalue weighted by atomic mass is 35.5. The van der Waals surface area contributed by atoms with Crippen LogP contribution in [0.15, 0.2) is 36.5 Å². The fourth-order valence-corrected chi connectivity index (χ4v) is 6.60. The van der Waals surface area contributed by atoms with Gasteiger partial charge >= 0.3 is 0 Å². The number of nitrogens with zero attached hydrogens (tertiary/aromatic N) is 4. The van der Waals surface area contributed by atoms with Crippen molar-refractivity contribution >= 4 is 44.8 Å². The van der Waals surface area contributed by atoms with Gasteiger partial charge in [-0.25, -0.2) is 8.78 Å². The molecule has 0 bridgehead atoms. The topological polar surface area (TPSA) is 101 Å². The molecule has 2 N–H and O–H groups in total. The van der Waals surface area contributed by atoms with Crippen molar-refractivity contribution in [2.24, 2.45) is 11.3 Å². The molecule has 1 spiro atoms. The summed E-state index contributed by atoms with van der Waals surface area (Å²) in [4.78, 5) is 34.0. The van der Waals surface area contributed by atoms with Crippen molar-refractivity contribution in [3.05, 3.63) is 58.4 Å². The molecule has 2 aromatic rings. The van der Waals surface area contributed by atoms with Gasteiger partial charge in [0.25, 0.3) is 0 Å². The van der Waals surface area contributed by atoms with E-state index in [1.54, 1.807) is 17.2 Å². The highest BCUT2D eigenvalue weighted by Gasteiger charge is 2.60. The van der Waals surface area contributed by atoms with E-state index in [4.69, 9.17) is 16.9 Å². The average Bonchev–Trinajstić information content (AvgIpc) is 3.71. The summed E-state index contributed by atoms with van der Waals surface area (Å²) in [6.07, 6.45) is 2.63. The van der Waals surface area contributed by atoms with E-state index in [1.807, 2.05) is 24.3 Å². The summed E-state index contributed by atoms with van der Waals surface area (Å²) in [7, 11) is 4.27. The van der Waals surface area contributed by atoms with E-state index in [-0.39, 0.29) is 42.5 Å². The molecule has 2 amide bonds. The maximum absolute atomic E-state index is 13.5. The molecule has 3 aliphatic rings. The third-order valence-electron chi connectivity index (χ3n) is 9.37. The summed E-state index contributed by atoms with van der Waals surface area (Å²) < 4.78 is 27.1.